The van der Waals surface area contributed by atoms with E-state index in [0.29, 0.717) is 17.1 Å². The smallest absolute Gasteiger partial charge is 0.0742 e. The van der Waals surface area contributed by atoms with Gasteiger partial charge in [0.25, 0.3) is 0 Å². The molecule has 1 aliphatic rings. The number of nitrogens with two attached hydrogens (primary N) is 1. The fraction of sp³-hybridized carbons (Fsp3) is 0.909. The molecule has 0 aromatic heterocycles. The van der Waals surface area contributed by atoms with Crippen LogP contribution in [0.15, 0.2) is 0 Å². The molecule has 0 spiro atoms. The zero-order valence-electron chi connectivity index (χ0n) is 9.66. The number of thiocarbonyl (C=S) groups is 1. The van der Waals surface area contributed by atoms with E-state index in [4.69, 9.17) is 18.0 Å². The van der Waals surface area contributed by atoms with E-state index in [1.54, 1.807) is 0 Å². The molecule has 0 radical (unpaired) electrons. The van der Waals surface area contributed by atoms with Crippen molar-refractivity contribution in [3.63, 3.8) is 0 Å². The predicted octanol–water partition coefficient (Wildman–Crippen LogP) is 2.03. The van der Waals surface area contributed by atoms with E-state index in [1.807, 2.05) is 0 Å². The number of rotatable bonds is 3. The van der Waals surface area contributed by atoms with E-state index >= 15 is 0 Å². The highest BCUT2D eigenvalue weighted by atomic mass is 32.1. The van der Waals surface area contributed by atoms with Gasteiger partial charge in [-0.1, -0.05) is 26.1 Å². The van der Waals surface area contributed by atoms with Crippen LogP contribution in [0.25, 0.3) is 0 Å². The lowest BCUT2D eigenvalue weighted by molar-refractivity contribution is 0.191. The van der Waals surface area contributed by atoms with Crippen molar-refractivity contribution in [3.05, 3.63) is 0 Å². The van der Waals surface area contributed by atoms with E-state index in [0.717, 1.165) is 18.3 Å². The normalized spacial score (nSPS) is 35.9. The Kier molecular flexibility index (Phi) is 3.90. The Morgan fingerprint density at radius 1 is 1.50 bits per heavy atom. The van der Waals surface area contributed by atoms with Gasteiger partial charge >= 0.3 is 0 Å². The molecular weight excluding hydrogens is 192 g/mol. The fourth-order valence-electron chi connectivity index (χ4n) is 2.43. The molecule has 0 bridgehead atoms. The molecule has 14 heavy (non-hydrogen) atoms. The van der Waals surface area contributed by atoms with Gasteiger partial charge in [0, 0.05) is 25.0 Å². The van der Waals surface area contributed by atoms with Crippen LogP contribution in [-0.4, -0.2) is 28.5 Å². The molecule has 1 aliphatic heterocycles. The average Bonchev–Trinajstić information content (AvgIpc) is 2.32. The summed E-state index contributed by atoms with van der Waals surface area (Å²) in [5, 5.41) is 0. The summed E-state index contributed by atoms with van der Waals surface area (Å²) in [5.74, 6) is 1.57. The lowest BCUT2D eigenvalue weighted by atomic mass is 9.95. The second-order valence-corrected chi connectivity index (χ2v) is 5.32. The highest BCUT2D eigenvalue weighted by molar-refractivity contribution is 7.80. The van der Waals surface area contributed by atoms with Crippen LogP contribution in [0.2, 0.25) is 0 Å². The molecule has 1 rings (SSSR count). The van der Waals surface area contributed by atoms with Crippen LogP contribution in [0.3, 0.4) is 0 Å². The van der Waals surface area contributed by atoms with Crippen LogP contribution in [-0.2, 0) is 0 Å². The molecule has 2 nitrogen and oxygen atoms in total. The van der Waals surface area contributed by atoms with Crippen LogP contribution in [0.1, 0.15) is 34.1 Å². The van der Waals surface area contributed by atoms with Crippen LogP contribution in [0, 0.1) is 11.8 Å². The topological polar surface area (TPSA) is 29.3 Å². The first-order valence-electron chi connectivity index (χ1n) is 5.47. The molecule has 0 amide bonds. The quantitative estimate of drug-likeness (QED) is 0.729. The molecule has 4 unspecified atom stereocenters. The van der Waals surface area contributed by atoms with Crippen LogP contribution in [0.5, 0.6) is 0 Å². The Bertz CT molecular complexity index is 217. The molecule has 2 N–H and O–H groups in total. The van der Waals surface area contributed by atoms with Crippen LogP contribution in [0.4, 0.5) is 0 Å². The third-order valence-electron chi connectivity index (χ3n) is 3.74. The van der Waals surface area contributed by atoms with Crippen LogP contribution >= 0.6 is 12.2 Å². The van der Waals surface area contributed by atoms with E-state index in [2.05, 4.69) is 32.6 Å². The maximum absolute atomic E-state index is 5.58. The first-order valence-corrected chi connectivity index (χ1v) is 5.88. The Balaban J connectivity index is 2.57. The first-order chi connectivity index (χ1) is 6.43. The minimum atomic E-state index is 0.495. The molecule has 0 saturated carbocycles. The average molecular weight is 214 g/mol. The van der Waals surface area contributed by atoms with Gasteiger partial charge in [-0.3, -0.25) is 4.90 Å². The Labute approximate surface area is 92.8 Å². The maximum atomic E-state index is 5.58. The van der Waals surface area contributed by atoms with Gasteiger partial charge in [-0.25, -0.2) is 0 Å². The predicted molar refractivity (Wildman–Crippen MR) is 65.4 cm³/mol. The second-order valence-electron chi connectivity index (χ2n) is 4.79. The van der Waals surface area contributed by atoms with Crippen molar-refractivity contribution in [3.8, 4) is 0 Å². The lowest BCUT2D eigenvalue weighted by Crippen LogP contribution is -2.39. The Morgan fingerprint density at radius 2 is 2.07 bits per heavy atom. The number of hydrogen-bond donors (Lipinski definition) is 1. The van der Waals surface area contributed by atoms with Crippen molar-refractivity contribution in [2.75, 3.05) is 6.54 Å². The van der Waals surface area contributed by atoms with Gasteiger partial charge in [0.15, 0.2) is 0 Å². The van der Waals surface area contributed by atoms with Crippen molar-refractivity contribution in [1.82, 2.24) is 4.90 Å². The van der Waals surface area contributed by atoms with Gasteiger partial charge in [-0.15, -0.1) is 0 Å². The van der Waals surface area contributed by atoms with Gasteiger partial charge in [-0.2, -0.15) is 0 Å². The van der Waals surface area contributed by atoms with Gasteiger partial charge in [0.1, 0.15) is 0 Å². The minimum Gasteiger partial charge on any atom is -0.393 e. The highest BCUT2D eigenvalue weighted by Gasteiger charge is 2.35. The highest BCUT2D eigenvalue weighted by Crippen LogP contribution is 2.30. The Morgan fingerprint density at radius 3 is 2.43 bits per heavy atom. The van der Waals surface area contributed by atoms with Crippen LogP contribution < -0.4 is 5.73 Å². The lowest BCUT2D eigenvalue weighted by Gasteiger charge is -2.29. The SMILES string of the molecule is CC1CN(C(C)CC(N)=S)C(C)C1C. The van der Waals surface area contributed by atoms with Crippen molar-refractivity contribution < 1.29 is 0 Å². The molecule has 0 aromatic rings. The summed E-state index contributed by atoms with van der Waals surface area (Å²) in [6.07, 6.45) is 0.846. The van der Waals surface area contributed by atoms with Crippen molar-refractivity contribution in [2.45, 2.75) is 46.2 Å². The number of likely N-dealkylation sites (tertiary alicyclic amines) is 1. The van der Waals surface area contributed by atoms with Gasteiger partial charge in [0.05, 0.1) is 4.99 Å². The monoisotopic (exact) mass is 214 g/mol. The molecule has 1 saturated heterocycles. The first kappa shape index (κ1) is 11.9. The second kappa shape index (κ2) is 4.58. The third kappa shape index (κ3) is 2.45. The number of nitrogens with zero attached hydrogens (tertiary/aromatic N) is 1. The molecule has 3 heteroatoms. The summed E-state index contributed by atoms with van der Waals surface area (Å²) in [6, 6.07) is 1.16. The van der Waals surface area contributed by atoms with E-state index in [1.165, 1.54) is 6.54 Å². The maximum Gasteiger partial charge on any atom is 0.0742 e. The van der Waals surface area contributed by atoms with Gasteiger partial charge < -0.3 is 5.73 Å². The summed E-state index contributed by atoms with van der Waals surface area (Å²) >= 11 is 4.96. The van der Waals surface area contributed by atoms with Crippen molar-refractivity contribution in [2.24, 2.45) is 17.6 Å². The molecule has 82 valence electrons. The molecule has 1 fully saturated rings. The third-order valence-corrected chi connectivity index (χ3v) is 3.91. The van der Waals surface area contributed by atoms with Crippen molar-refractivity contribution >= 4 is 17.2 Å². The zero-order valence-corrected chi connectivity index (χ0v) is 10.5. The van der Waals surface area contributed by atoms with E-state index in [-0.39, 0.29) is 0 Å². The van der Waals surface area contributed by atoms with E-state index in [9.17, 15) is 0 Å². The Hall–Kier alpha value is -0.150. The minimum absolute atomic E-state index is 0.495. The van der Waals surface area contributed by atoms with Crippen molar-refractivity contribution in [1.29, 1.82) is 0 Å². The van der Waals surface area contributed by atoms with E-state index < -0.39 is 0 Å². The summed E-state index contributed by atoms with van der Waals surface area (Å²) in [4.78, 5) is 3.17. The fourth-order valence-corrected chi connectivity index (χ4v) is 2.67. The molecular formula is C11H22N2S. The molecule has 4 atom stereocenters. The summed E-state index contributed by atoms with van der Waals surface area (Å²) in [7, 11) is 0. The molecule has 1 heterocycles. The molecule has 0 aliphatic carbocycles. The summed E-state index contributed by atoms with van der Waals surface area (Å²) in [5.41, 5.74) is 5.58. The van der Waals surface area contributed by atoms with Gasteiger partial charge in [-0.05, 0) is 25.7 Å². The zero-order chi connectivity index (χ0) is 10.9. The number of hydrogen-bond acceptors (Lipinski definition) is 2. The molecule has 0 aromatic carbocycles. The summed E-state index contributed by atoms with van der Waals surface area (Å²) < 4.78 is 0. The summed E-state index contributed by atoms with van der Waals surface area (Å²) in [6.45, 7) is 10.4. The van der Waals surface area contributed by atoms with Gasteiger partial charge in [0.2, 0.25) is 0 Å². The largest absolute Gasteiger partial charge is 0.393 e. The standard InChI is InChI=1S/C11H22N2S/c1-7-6-13(10(4)9(7)3)8(2)5-11(12)14/h7-10H,5-6H2,1-4H3,(H2,12,14).